The minimum absolute atomic E-state index is 0.0419. The van der Waals surface area contributed by atoms with Gasteiger partial charge in [-0.15, -0.1) is 11.3 Å². The van der Waals surface area contributed by atoms with Crippen molar-refractivity contribution in [2.24, 2.45) is 0 Å². The summed E-state index contributed by atoms with van der Waals surface area (Å²) < 4.78 is 27.1. The molecule has 2 heterocycles. The van der Waals surface area contributed by atoms with Gasteiger partial charge in [-0.2, -0.15) is 4.31 Å². The van der Waals surface area contributed by atoms with Crippen LogP contribution in [0.1, 0.15) is 33.0 Å². The first-order valence-electron chi connectivity index (χ1n) is 9.43. The van der Waals surface area contributed by atoms with Gasteiger partial charge in [-0.25, -0.2) is 8.42 Å². The Labute approximate surface area is 190 Å². The molecule has 0 radical (unpaired) electrons. The third kappa shape index (κ3) is 4.89. The Hall–Kier alpha value is -1.45. The van der Waals surface area contributed by atoms with E-state index in [1.54, 1.807) is 22.3 Å². The van der Waals surface area contributed by atoms with Gasteiger partial charge in [0.05, 0.1) is 10.0 Å². The lowest BCUT2D eigenvalue weighted by Gasteiger charge is -2.34. The summed E-state index contributed by atoms with van der Waals surface area (Å²) in [5, 5.41) is 0.136. The van der Waals surface area contributed by atoms with E-state index in [1.165, 1.54) is 16.4 Å². The molecule has 162 valence electrons. The summed E-state index contributed by atoms with van der Waals surface area (Å²) in [6.45, 7) is 4.65. The summed E-state index contributed by atoms with van der Waals surface area (Å²) in [6.07, 6.45) is 0.250. The van der Waals surface area contributed by atoms with Crippen LogP contribution in [0.2, 0.25) is 10.0 Å². The zero-order chi connectivity index (χ0) is 22.1. The minimum Gasteiger partial charge on any atom is -0.340 e. The molecule has 0 saturated carbocycles. The predicted octanol–water partition coefficient (Wildman–Crippen LogP) is 4.17. The van der Waals surface area contributed by atoms with Crippen molar-refractivity contribution in [1.29, 1.82) is 0 Å². The highest BCUT2D eigenvalue weighted by atomic mass is 35.5. The highest BCUT2D eigenvalue weighted by molar-refractivity contribution is 7.89. The third-order valence-corrected chi connectivity index (χ3v) is 8.84. The van der Waals surface area contributed by atoms with Crippen molar-refractivity contribution in [3.8, 4) is 0 Å². The van der Waals surface area contributed by atoms with Gasteiger partial charge < -0.3 is 4.90 Å². The van der Waals surface area contributed by atoms with E-state index in [9.17, 15) is 18.0 Å². The number of nitrogens with zero attached hydrogens (tertiary/aromatic N) is 2. The molecular weight excluding hydrogens is 467 g/mol. The lowest BCUT2D eigenvalue weighted by atomic mass is 10.1. The Kier molecular flexibility index (Phi) is 7.24. The van der Waals surface area contributed by atoms with Crippen LogP contribution in [0, 0.1) is 13.8 Å². The van der Waals surface area contributed by atoms with Gasteiger partial charge in [0.2, 0.25) is 15.9 Å². The molecule has 1 amide bonds. The van der Waals surface area contributed by atoms with Gasteiger partial charge in [0.25, 0.3) is 0 Å². The number of thiophene rings is 1. The highest BCUT2D eigenvalue weighted by Crippen LogP contribution is 2.32. The number of carbonyl (C=O) groups excluding carboxylic acids is 2. The zero-order valence-electron chi connectivity index (χ0n) is 16.7. The second kappa shape index (κ2) is 9.36. The zero-order valence-corrected chi connectivity index (χ0v) is 19.8. The molecule has 1 aromatic carbocycles. The van der Waals surface area contributed by atoms with Crippen LogP contribution in [0.15, 0.2) is 29.2 Å². The molecule has 0 spiro atoms. The van der Waals surface area contributed by atoms with E-state index in [4.69, 9.17) is 23.2 Å². The standard InChI is InChI=1S/C20H22Cl2N2O4S2/c1-13-12-15(14(2)29-13)18(25)6-7-19(26)23-8-10-24(11-9-23)30(27,28)20-16(21)4-3-5-17(20)22/h3-5,12H,6-11H2,1-2H3. The fourth-order valence-corrected chi connectivity index (χ4v) is 6.91. The van der Waals surface area contributed by atoms with Gasteiger partial charge in [-0.05, 0) is 32.0 Å². The fraction of sp³-hybridized carbons (Fsp3) is 0.400. The van der Waals surface area contributed by atoms with E-state index in [1.807, 2.05) is 19.9 Å². The maximum atomic E-state index is 12.9. The molecule has 30 heavy (non-hydrogen) atoms. The Morgan fingerprint density at radius 3 is 2.17 bits per heavy atom. The van der Waals surface area contributed by atoms with Gasteiger partial charge in [0.15, 0.2) is 5.78 Å². The SMILES string of the molecule is Cc1cc(C(=O)CCC(=O)N2CCN(S(=O)(=O)c3c(Cl)cccc3Cl)CC2)c(C)s1. The number of hydrogen-bond acceptors (Lipinski definition) is 5. The van der Waals surface area contributed by atoms with Crippen molar-refractivity contribution < 1.29 is 18.0 Å². The maximum absolute atomic E-state index is 12.9. The number of benzene rings is 1. The summed E-state index contributed by atoms with van der Waals surface area (Å²) in [4.78, 5) is 28.4. The maximum Gasteiger partial charge on any atom is 0.246 e. The Balaban J connectivity index is 1.58. The molecule has 0 bridgehead atoms. The number of piperazine rings is 1. The summed E-state index contributed by atoms with van der Waals surface area (Å²) in [7, 11) is -3.86. The van der Waals surface area contributed by atoms with Crippen LogP contribution in [0.25, 0.3) is 0 Å². The van der Waals surface area contributed by atoms with E-state index in [-0.39, 0.29) is 65.7 Å². The lowest BCUT2D eigenvalue weighted by Crippen LogP contribution is -2.50. The normalized spacial score (nSPS) is 15.4. The number of sulfonamides is 1. The van der Waals surface area contributed by atoms with Gasteiger partial charge in [0.1, 0.15) is 4.90 Å². The molecular formula is C20H22Cl2N2O4S2. The first-order valence-corrected chi connectivity index (χ1v) is 12.4. The molecule has 3 rings (SSSR count). The Morgan fingerprint density at radius 2 is 1.63 bits per heavy atom. The van der Waals surface area contributed by atoms with Crippen LogP contribution in [0.4, 0.5) is 0 Å². The predicted molar refractivity (Wildman–Crippen MR) is 119 cm³/mol. The lowest BCUT2D eigenvalue weighted by molar-refractivity contribution is -0.132. The Morgan fingerprint density at radius 1 is 1.03 bits per heavy atom. The van der Waals surface area contributed by atoms with E-state index >= 15 is 0 Å². The minimum atomic E-state index is -3.86. The summed E-state index contributed by atoms with van der Waals surface area (Å²) >= 11 is 13.7. The average Bonchev–Trinajstić information content (AvgIpc) is 3.03. The molecule has 0 atom stereocenters. The smallest absolute Gasteiger partial charge is 0.246 e. The summed E-state index contributed by atoms with van der Waals surface area (Å²) in [5.74, 6) is -0.194. The molecule has 0 unspecified atom stereocenters. The van der Waals surface area contributed by atoms with Crippen molar-refractivity contribution >= 4 is 56.3 Å². The molecule has 0 N–H and O–H groups in total. The first-order chi connectivity index (χ1) is 14.1. The quantitative estimate of drug-likeness (QED) is 0.571. The second-order valence-electron chi connectivity index (χ2n) is 7.09. The topological polar surface area (TPSA) is 74.8 Å². The van der Waals surface area contributed by atoms with Crippen LogP contribution < -0.4 is 0 Å². The second-order valence-corrected chi connectivity index (χ2v) is 11.2. The first kappa shape index (κ1) is 23.2. The summed E-state index contributed by atoms with van der Waals surface area (Å²) in [5.41, 5.74) is 0.679. The number of carbonyl (C=O) groups is 2. The van der Waals surface area contributed by atoms with Crippen molar-refractivity contribution in [1.82, 2.24) is 9.21 Å². The molecule has 1 saturated heterocycles. The van der Waals surface area contributed by atoms with Gasteiger partial charge in [-0.3, -0.25) is 9.59 Å². The molecule has 1 aromatic heterocycles. The summed E-state index contributed by atoms with van der Waals surface area (Å²) in [6, 6.07) is 6.40. The fourth-order valence-electron chi connectivity index (χ4n) is 3.46. The van der Waals surface area contributed by atoms with Crippen LogP contribution in [-0.2, 0) is 14.8 Å². The van der Waals surface area contributed by atoms with Gasteiger partial charge >= 0.3 is 0 Å². The van der Waals surface area contributed by atoms with E-state index in [2.05, 4.69) is 0 Å². The van der Waals surface area contributed by atoms with Crippen molar-refractivity contribution in [2.75, 3.05) is 26.2 Å². The molecule has 1 fully saturated rings. The molecule has 1 aliphatic rings. The van der Waals surface area contributed by atoms with Crippen molar-refractivity contribution in [2.45, 2.75) is 31.6 Å². The molecule has 6 nitrogen and oxygen atoms in total. The van der Waals surface area contributed by atoms with E-state index in [0.29, 0.717) is 5.56 Å². The van der Waals surface area contributed by atoms with Crippen LogP contribution in [0.5, 0.6) is 0 Å². The molecule has 10 heteroatoms. The van der Waals surface area contributed by atoms with Gasteiger partial charge in [0, 0.05) is 54.3 Å². The molecule has 1 aliphatic heterocycles. The number of hydrogen-bond donors (Lipinski definition) is 0. The number of rotatable bonds is 6. The number of ketones is 1. The Bertz CT molecular complexity index is 1050. The van der Waals surface area contributed by atoms with E-state index in [0.717, 1.165) is 9.75 Å². The third-order valence-electron chi connectivity index (χ3n) is 5.02. The number of amides is 1. The van der Waals surface area contributed by atoms with Gasteiger partial charge in [-0.1, -0.05) is 29.3 Å². The van der Waals surface area contributed by atoms with E-state index < -0.39 is 10.0 Å². The largest absolute Gasteiger partial charge is 0.340 e. The van der Waals surface area contributed by atoms with Crippen molar-refractivity contribution in [3.05, 3.63) is 49.6 Å². The van der Waals surface area contributed by atoms with Crippen molar-refractivity contribution in [3.63, 3.8) is 0 Å². The van der Waals surface area contributed by atoms with Crippen LogP contribution >= 0.6 is 34.5 Å². The van der Waals surface area contributed by atoms with Crippen LogP contribution in [0.3, 0.4) is 0 Å². The highest BCUT2D eigenvalue weighted by Gasteiger charge is 2.33. The number of halogens is 2. The number of Topliss-reactive ketones (excluding diaryl/α,β-unsaturated/α-hetero) is 1. The molecule has 0 aliphatic carbocycles. The number of aryl methyl sites for hydroxylation is 2. The molecule has 2 aromatic rings. The average molecular weight is 489 g/mol. The van der Waals surface area contributed by atoms with Crippen LogP contribution in [-0.4, -0.2) is 55.5 Å². The monoisotopic (exact) mass is 488 g/mol.